The molecule has 8 heteroatoms. The molecule has 1 aliphatic heterocycles. The number of hydrogen-bond donors (Lipinski definition) is 1. The molecule has 0 radical (unpaired) electrons. The van der Waals surface area contributed by atoms with Crippen molar-refractivity contribution in [1.82, 2.24) is 10.2 Å². The minimum atomic E-state index is -1.55. The number of urea groups is 1. The molecule has 0 aliphatic carbocycles. The second-order valence-corrected chi connectivity index (χ2v) is 6.04. The molecule has 136 valence electrons. The van der Waals surface area contributed by atoms with E-state index in [1.54, 1.807) is 0 Å². The van der Waals surface area contributed by atoms with Crippen molar-refractivity contribution in [3.8, 4) is 5.75 Å². The van der Waals surface area contributed by atoms with Gasteiger partial charge in [-0.25, -0.2) is 18.0 Å². The monoisotopic (exact) mass is 364 g/mol. The van der Waals surface area contributed by atoms with Gasteiger partial charge in [0.15, 0.2) is 23.2 Å². The number of carbonyl (C=O) groups excluding carboxylic acids is 2. The zero-order chi connectivity index (χ0) is 19.1. The number of nitrogens with zero attached hydrogens (tertiary/aromatic N) is 1. The molecule has 1 saturated heterocycles. The molecule has 1 aliphatic rings. The smallest absolute Gasteiger partial charge is 0.325 e. The lowest BCUT2D eigenvalue weighted by Gasteiger charge is -2.22. The summed E-state index contributed by atoms with van der Waals surface area (Å²) < 4.78 is 45.3. The summed E-state index contributed by atoms with van der Waals surface area (Å²) in [5.41, 5.74) is -1.06. The average molecular weight is 364 g/mol. The predicted octanol–water partition coefficient (Wildman–Crippen LogP) is 3.08. The fourth-order valence-corrected chi connectivity index (χ4v) is 2.83. The number of halogens is 3. The van der Waals surface area contributed by atoms with Crippen LogP contribution in [0.5, 0.6) is 5.75 Å². The van der Waals surface area contributed by atoms with Gasteiger partial charge in [-0.05, 0) is 42.3 Å². The zero-order valence-corrected chi connectivity index (χ0v) is 14.0. The first-order valence-electron chi connectivity index (χ1n) is 7.68. The minimum Gasteiger partial charge on any atom is -0.494 e. The standard InChI is InChI=1S/C18H15F3N2O3/c1-18(11-4-5-12(19)13(20)8-11)16(24)23(17(25)22-18)9-10-3-6-15(26-2)14(21)7-10/h3-8H,9H2,1-2H3,(H,22,25). The van der Waals surface area contributed by atoms with Gasteiger partial charge in [0.2, 0.25) is 0 Å². The third-order valence-corrected chi connectivity index (χ3v) is 4.33. The topological polar surface area (TPSA) is 58.6 Å². The Labute approximate surface area is 147 Å². The molecule has 0 bridgehead atoms. The lowest BCUT2D eigenvalue weighted by atomic mass is 9.92. The van der Waals surface area contributed by atoms with E-state index in [9.17, 15) is 22.8 Å². The molecule has 1 unspecified atom stereocenters. The van der Waals surface area contributed by atoms with Crippen LogP contribution < -0.4 is 10.1 Å². The van der Waals surface area contributed by atoms with Crippen molar-refractivity contribution in [1.29, 1.82) is 0 Å². The van der Waals surface area contributed by atoms with Gasteiger partial charge in [-0.2, -0.15) is 0 Å². The summed E-state index contributed by atoms with van der Waals surface area (Å²) in [6.07, 6.45) is 0. The normalized spacial score (nSPS) is 19.7. The van der Waals surface area contributed by atoms with E-state index < -0.39 is 34.9 Å². The molecular weight excluding hydrogens is 349 g/mol. The fraction of sp³-hybridized carbons (Fsp3) is 0.222. The van der Waals surface area contributed by atoms with Crippen LogP contribution in [0.3, 0.4) is 0 Å². The summed E-state index contributed by atoms with van der Waals surface area (Å²) >= 11 is 0. The Kier molecular flexibility index (Phi) is 4.35. The van der Waals surface area contributed by atoms with Crippen molar-refractivity contribution in [2.75, 3.05) is 7.11 Å². The van der Waals surface area contributed by atoms with Gasteiger partial charge in [0.05, 0.1) is 13.7 Å². The molecule has 1 fully saturated rings. The number of methoxy groups -OCH3 is 1. The fourth-order valence-electron chi connectivity index (χ4n) is 2.83. The largest absolute Gasteiger partial charge is 0.494 e. The van der Waals surface area contributed by atoms with E-state index in [1.807, 2.05) is 0 Å². The first-order chi connectivity index (χ1) is 12.3. The van der Waals surface area contributed by atoms with Crippen LogP contribution >= 0.6 is 0 Å². The van der Waals surface area contributed by atoms with Gasteiger partial charge in [-0.1, -0.05) is 12.1 Å². The Morgan fingerprint density at radius 2 is 1.77 bits per heavy atom. The highest BCUT2D eigenvalue weighted by Crippen LogP contribution is 2.31. The van der Waals surface area contributed by atoms with Crippen molar-refractivity contribution in [3.05, 3.63) is 65.0 Å². The van der Waals surface area contributed by atoms with Crippen molar-refractivity contribution in [2.24, 2.45) is 0 Å². The second kappa shape index (κ2) is 6.36. The van der Waals surface area contributed by atoms with Crippen molar-refractivity contribution in [3.63, 3.8) is 0 Å². The molecule has 0 saturated carbocycles. The number of carbonyl (C=O) groups is 2. The first kappa shape index (κ1) is 17.8. The zero-order valence-electron chi connectivity index (χ0n) is 14.0. The summed E-state index contributed by atoms with van der Waals surface area (Å²) in [5, 5.41) is 2.48. The lowest BCUT2D eigenvalue weighted by Crippen LogP contribution is -2.41. The average Bonchev–Trinajstić information content (AvgIpc) is 2.81. The van der Waals surface area contributed by atoms with Crippen molar-refractivity contribution in [2.45, 2.75) is 19.0 Å². The van der Waals surface area contributed by atoms with E-state index >= 15 is 0 Å². The Balaban J connectivity index is 1.88. The van der Waals surface area contributed by atoms with E-state index in [2.05, 4.69) is 5.32 Å². The number of benzene rings is 2. The van der Waals surface area contributed by atoms with Gasteiger partial charge >= 0.3 is 6.03 Å². The lowest BCUT2D eigenvalue weighted by molar-refractivity contribution is -0.131. The summed E-state index contributed by atoms with van der Waals surface area (Å²) in [7, 11) is 1.32. The number of nitrogens with one attached hydrogen (secondary N) is 1. The van der Waals surface area contributed by atoms with E-state index in [-0.39, 0.29) is 17.9 Å². The third-order valence-electron chi connectivity index (χ3n) is 4.33. The Morgan fingerprint density at radius 3 is 2.38 bits per heavy atom. The van der Waals surface area contributed by atoms with Gasteiger partial charge in [0, 0.05) is 0 Å². The molecule has 1 heterocycles. The number of rotatable bonds is 4. The quantitative estimate of drug-likeness (QED) is 0.849. The predicted molar refractivity (Wildman–Crippen MR) is 85.7 cm³/mol. The van der Waals surface area contributed by atoms with Crippen molar-refractivity contribution < 1.29 is 27.5 Å². The van der Waals surface area contributed by atoms with Gasteiger partial charge in [0.1, 0.15) is 5.54 Å². The molecule has 2 aromatic rings. The molecular formula is C18H15F3N2O3. The molecule has 0 spiro atoms. The Morgan fingerprint density at radius 1 is 1.04 bits per heavy atom. The van der Waals surface area contributed by atoms with Gasteiger partial charge in [0.25, 0.3) is 5.91 Å². The van der Waals surface area contributed by atoms with Crippen LogP contribution in [-0.4, -0.2) is 23.9 Å². The summed E-state index contributed by atoms with van der Waals surface area (Å²) in [6, 6.07) is 6.34. The van der Waals surface area contributed by atoms with Gasteiger partial charge in [-0.3, -0.25) is 9.69 Å². The van der Waals surface area contributed by atoms with E-state index in [1.165, 1.54) is 32.2 Å². The first-order valence-corrected chi connectivity index (χ1v) is 7.68. The minimum absolute atomic E-state index is 0.0394. The Hall–Kier alpha value is -3.03. The van der Waals surface area contributed by atoms with E-state index in [0.717, 1.165) is 23.1 Å². The van der Waals surface area contributed by atoms with Crippen LogP contribution in [0.15, 0.2) is 36.4 Å². The van der Waals surface area contributed by atoms with Crippen molar-refractivity contribution >= 4 is 11.9 Å². The highest BCUT2D eigenvalue weighted by molar-refractivity contribution is 6.07. The number of ether oxygens (including phenoxy) is 1. The number of imide groups is 1. The van der Waals surface area contributed by atoms with Crippen LogP contribution in [0.2, 0.25) is 0 Å². The molecule has 1 atom stereocenters. The number of hydrogen-bond acceptors (Lipinski definition) is 3. The van der Waals surface area contributed by atoms with Gasteiger partial charge in [-0.15, -0.1) is 0 Å². The molecule has 3 amide bonds. The van der Waals surface area contributed by atoms with Crippen LogP contribution in [0, 0.1) is 17.5 Å². The molecule has 1 N–H and O–H groups in total. The number of amides is 3. The molecule has 5 nitrogen and oxygen atoms in total. The highest BCUT2D eigenvalue weighted by atomic mass is 19.2. The van der Waals surface area contributed by atoms with E-state index in [0.29, 0.717) is 5.56 Å². The third kappa shape index (κ3) is 2.87. The summed E-state index contributed by atoms with van der Waals surface area (Å²) in [4.78, 5) is 25.9. The van der Waals surface area contributed by atoms with Crippen LogP contribution in [0.1, 0.15) is 18.1 Å². The van der Waals surface area contributed by atoms with Crippen LogP contribution in [-0.2, 0) is 16.9 Å². The maximum Gasteiger partial charge on any atom is 0.325 e. The Bertz CT molecular complexity index is 903. The molecule has 26 heavy (non-hydrogen) atoms. The highest BCUT2D eigenvalue weighted by Gasteiger charge is 2.49. The summed E-state index contributed by atoms with van der Waals surface area (Å²) in [5.74, 6) is -3.41. The molecule has 3 rings (SSSR count). The summed E-state index contributed by atoms with van der Waals surface area (Å²) in [6.45, 7) is 1.22. The maximum atomic E-state index is 13.8. The SMILES string of the molecule is COc1ccc(CN2C(=O)NC(C)(c3ccc(F)c(F)c3)C2=O)cc1F. The maximum absolute atomic E-state index is 13.8. The van der Waals surface area contributed by atoms with Gasteiger partial charge < -0.3 is 10.1 Å². The molecule has 0 aromatic heterocycles. The van der Waals surface area contributed by atoms with Crippen LogP contribution in [0.25, 0.3) is 0 Å². The van der Waals surface area contributed by atoms with E-state index in [4.69, 9.17) is 4.74 Å². The van der Waals surface area contributed by atoms with Crippen LogP contribution in [0.4, 0.5) is 18.0 Å². The molecule has 2 aromatic carbocycles. The second-order valence-electron chi connectivity index (χ2n) is 6.04.